The Morgan fingerprint density at radius 1 is 1.12 bits per heavy atom. The van der Waals surface area contributed by atoms with Gasteiger partial charge in [0.15, 0.2) is 0 Å². The third kappa shape index (κ3) is 6.04. The molecule has 0 aliphatic carbocycles. The number of carbonyl (C=O) groups is 3. The molecule has 0 heterocycles. The number of nitrogens with one attached hydrogen (secondary N) is 1. The van der Waals surface area contributed by atoms with Crippen LogP contribution >= 0.6 is 0 Å². The maximum atomic E-state index is 11.5. The van der Waals surface area contributed by atoms with E-state index in [4.69, 9.17) is 5.11 Å². The number of unbranched alkanes of at least 4 members (excludes halogenated alkanes) is 2. The predicted octanol–water partition coefficient (Wildman–Crippen LogP) is 1.36. The number of Topliss-reactive ketones (excluding diaryl/α,β-unsaturated/α-hetero) is 1. The molecule has 2 N–H and O–H groups in total. The zero-order valence-corrected chi connectivity index (χ0v) is 10.7. The van der Waals surface area contributed by atoms with Crippen molar-refractivity contribution in [3.63, 3.8) is 0 Å². The van der Waals surface area contributed by atoms with Crippen LogP contribution in [0.4, 0.5) is 0 Å². The van der Waals surface area contributed by atoms with E-state index in [0.717, 1.165) is 19.3 Å². The Labute approximate surface area is 102 Å². The zero-order chi connectivity index (χ0) is 13.5. The van der Waals surface area contributed by atoms with Crippen LogP contribution in [0.25, 0.3) is 0 Å². The molecule has 0 saturated heterocycles. The van der Waals surface area contributed by atoms with Crippen molar-refractivity contribution in [2.45, 2.75) is 46.5 Å². The number of hydrogen-bond donors (Lipinski definition) is 2. The molecule has 0 rings (SSSR count). The first-order chi connectivity index (χ1) is 7.78. The molecule has 0 aromatic heterocycles. The van der Waals surface area contributed by atoms with E-state index < -0.39 is 17.3 Å². The first-order valence-corrected chi connectivity index (χ1v) is 5.79. The van der Waals surface area contributed by atoms with Crippen molar-refractivity contribution in [2.75, 3.05) is 6.54 Å². The van der Waals surface area contributed by atoms with Crippen molar-refractivity contribution in [1.82, 2.24) is 5.32 Å². The minimum atomic E-state index is -1.39. The van der Waals surface area contributed by atoms with Crippen LogP contribution in [0.2, 0.25) is 0 Å². The third-order valence-electron chi connectivity index (χ3n) is 2.59. The number of hydrogen-bond acceptors (Lipinski definition) is 3. The highest BCUT2D eigenvalue weighted by molar-refractivity contribution is 6.00. The summed E-state index contributed by atoms with van der Waals surface area (Å²) in [7, 11) is 0. The van der Waals surface area contributed by atoms with Crippen LogP contribution in [0.1, 0.15) is 46.5 Å². The molecule has 0 radical (unpaired) electrons. The fourth-order valence-corrected chi connectivity index (χ4v) is 1.20. The number of rotatable bonds is 8. The topological polar surface area (TPSA) is 83.5 Å². The summed E-state index contributed by atoms with van der Waals surface area (Å²) in [5.74, 6) is -1.44. The van der Waals surface area contributed by atoms with E-state index in [-0.39, 0.29) is 5.78 Å². The standard InChI is InChI=1S/C12H21NO4/c1-9(14)7-5-4-6-8-13-10(15)12(2,3)11(16)17/h4-8H2,1-3H3,(H,13,15)(H,16,17). The van der Waals surface area contributed by atoms with E-state index in [2.05, 4.69) is 5.32 Å². The maximum Gasteiger partial charge on any atom is 0.318 e. The molecule has 0 aliphatic rings. The van der Waals surface area contributed by atoms with Crippen LogP contribution in [0, 0.1) is 5.41 Å². The van der Waals surface area contributed by atoms with Gasteiger partial charge in [-0.25, -0.2) is 0 Å². The number of aliphatic carboxylic acids is 1. The summed E-state index contributed by atoms with van der Waals surface area (Å²) >= 11 is 0. The predicted molar refractivity (Wildman–Crippen MR) is 63.6 cm³/mol. The Morgan fingerprint density at radius 2 is 1.71 bits per heavy atom. The molecule has 0 bridgehead atoms. The van der Waals surface area contributed by atoms with Gasteiger partial charge in [-0.1, -0.05) is 6.42 Å². The van der Waals surface area contributed by atoms with Crippen LogP contribution in [0.15, 0.2) is 0 Å². The van der Waals surface area contributed by atoms with Gasteiger partial charge in [0, 0.05) is 13.0 Å². The number of amides is 1. The number of carbonyl (C=O) groups excluding carboxylic acids is 2. The summed E-state index contributed by atoms with van der Waals surface area (Å²) in [4.78, 5) is 32.9. The van der Waals surface area contributed by atoms with Gasteiger partial charge in [-0.3, -0.25) is 9.59 Å². The molecule has 0 atom stereocenters. The van der Waals surface area contributed by atoms with Gasteiger partial charge in [0.1, 0.15) is 11.2 Å². The fraction of sp³-hybridized carbons (Fsp3) is 0.750. The smallest absolute Gasteiger partial charge is 0.318 e. The average Bonchev–Trinajstić information content (AvgIpc) is 2.21. The van der Waals surface area contributed by atoms with Gasteiger partial charge in [0.05, 0.1) is 0 Å². The molecule has 0 spiro atoms. The van der Waals surface area contributed by atoms with E-state index in [9.17, 15) is 14.4 Å². The minimum absolute atomic E-state index is 0.168. The highest BCUT2D eigenvalue weighted by atomic mass is 16.4. The minimum Gasteiger partial charge on any atom is -0.480 e. The molecule has 1 amide bonds. The molecule has 98 valence electrons. The molecule has 0 aliphatic heterocycles. The summed E-state index contributed by atoms with van der Waals surface area (Å²) in [5.41, 5.74) is -1.39. The SMILES string of the molecule is CC(=O)CCCCCNC(=O)C(C)(C)C(=O)O. The molecular weight excluding hydrogens is 222 g/mol. The van der Waals surface area contributed by atoms with E-state index in [0.29, 0.717) is 13.0 Å². The highest BCUT2D eigenvalue weighted by Gasteiger charge is 2.35. The Morgan fingerprint density at radius 3 is 2.18 bits per heavy atom. The normalized spacial score (nSPS) is 11.0. The lowest BCUT2D eigenvalue weighted by Gasteiger charge is -2.18. The molecule has 0 aromatic carbocycles. The molecule has 5 heteroatoms. The van der Waals surface area contributed by atoms with Gasteiger partial charge >= 0.3 is 5.97 Å². The van der Waals surface area contributed by atoms with Crippen molar-refractivity contribution in [3.05, 3.63) is 0 Å². The molecule has 0 aromatic rings. The Hall–Kier alpha value is -1.39. The summed E-state index contributed by atoms with van der Waals surface area (Å²) in [5, 5.41) is 11.4. The van der Waals surface area contributed by atoms with Gasteiger partial charge < -0.3 is 15.2 Å². The van der Waals surface area contributed by atoms with Crippen LogP contribution in [0.5, 0.6) is 0 Å². The first-order valence-electron chi connectivity index (χ1n) is 5.79. The lowest BCUT2D eigenvalue weighted by Crippen LogP contribution is -2.42. The monoisotopic (exact) mass is 243 g/mol. The van der Waals surface area contributed by atoms with Gasteiger partial charge in [-0.05, 0) is 33.6 Å². The fourth-order valence-electron chi connectivity index (χ4n) is 1.20. The maximum absolute atomic E-state index is 11.5. The second-order valence-corrected chi connectivity index (χ2v) is 4.70. The summed E-state index contributed by atoms with van der Waals surface area (Å²) < 4.78 is 0. The van der Waals surface area contributed by atoms with Crippen LogP contribution in [-0.4, -0.2) is 29.3 Å². The Bertz CT molecular complexity index is 297. The first kappa shape index (κ1) is 15.6. The lowest BCUT2D eigenvalue weighted by atomic mass is 9.92. The zero-order valence-electron chi connectivity index (χ0n) is 10.7. The van der Waals surface area contributed by atoms with Crippen molar-refractivity contribution < 1.29 is 19.5 Å². The number of carboxylic acids is 1. The van der Waals surface area contributed by atoms with Crippen LogP contribution in [-0.2, 0) is 14.4 Å². The third-order valence-corrected chi connectivity index (χ3v) is 2.59. The van der Waals surface area contributed by atoms with Gasteiger partial charge in [0.25, 0.3) is 0 Å². The summed E-state index contributed by atoms with van der Waals surface area (Å²) in [6.45, 7) is 4.76. The Kier molecular flexibility index (Phi) is 6.46. The second-order valence-electron chi connectivity index (χ2n) is 4.70. The lowest BCUT2D eigenvalue weighted by molar-refractivity contribution is -0.153. The molecule has 0 fully saturated rings. The van der Waals surface area contributed by atoms with Crippen LogP contribution in [0.3, 0.4) is 0 Å². The number of ketones is 1. The van der Waals surface area contributed by atoms with E-state index >= 15 is 0 Å². The summed E-state index contributed by atoms with van der Waals surface area (Å²) in [6, 6.07) is 0. The largest absolute Gasteiger partial charge is 0.480 e. The van der Waals surface area contributed by atoms with E-state index in [1.54, 1.807) is 6.92 Å². The molecule has 5 nitrogen and oxygen atoms in total. The summed E-state index contributed by atoms with van der Waals surface area (Å²) in [6.07, 6.45) is 2.99. The second kappa shape index (κ2) is 7.04. The van der Waals surface area contributed by atoms with Crippen molar-refractivity contribution in [2.24, 2.45) is 5.41 Å². The van der Waals surface area contributed by atoms with Gasteiger partial charge in [0.2, 0.25) is 5.91 Å². The Balaban J connectivity index is 3.72. The van der Waals surface area contributed by atoms with Crippen molar-refractivity contribution >= 4 is 17.7 Å². The van der Waals surface area contributed by atoms with Crippen molar-refractivity contribution in [3.8, 4) is 0 Å². The van der Waals surface area contributed by atoms with Crippen LogP contribution < -0.4 is 5.32 Å². The number of carboxylic acid groups (broad SMARTS) is 1. The van der Waals surface area contributed by atoms with E-state index in [1.807, 2.05) is 0 Å². The van der Waals surface area contributed by atoms with E-state index in [1.165, 1.54) is 13.8 Å². The molecule has 0 unspecified atom stereocenters. The molecular formula is C12H21NO4. The van der Waals surface area contributed by atoms with Crippen molar-refractivity contribution in [1.29, 1.82) is 0 Å². The van der Waals surface area contributed by atoms with Gasteiger partial charge in [-0.15, -0.1) is 0 Å². The quantitative estimate of drug-likeness (QED) is 0.498. The molecule has 0 saturated carbocycles. The highest BCUT2D eigenvalue weighted by Crippen LogP contribution is 2.14. The average molecular weight is 243 g/mol. The molecule has 17 heavy (non-hydrogen) atoms. The van der Waals surface area contributed by atoms with Gasteiger partial charge in [-0.2, -0.15) is 0 Å².